The highest BCUT2D eigenvalue weighted by Crippen LogP contribution is 2.57. The van der Waals surface area contributed by atoms with E-state index >= 15 is 0 Å². The third-order valence-electron chi connectivity index (χ3n) is 6.15. The van der Waals surface area contributed by atoms with Crippen molar-refractivity contribution in [1.29, 1.82) is 0 Å². The molecule has 0 aliphatic rings. The van der Waals surface area contributed by atoms with E-state index < -0.39 is 13.2 Å². The minimum Gasteiger partial charge on any atom is -0.0654 e. The molecule has 0 aromatic carbocycles. The molecule has 0 spiro atoms. The molecule has 0 fully saturated rings. The Labute approximate surface area is 207 Å². The maximum atomic E-state index is 4.87. The lowest BCUT2D eigenvalue weighted by Crippen LogP contribution is -2.08. The van der Waals surface area contributed by atoms with Crippen LogP contribution in [0, 0.1) is 0 Å². The van der Waals surface area contributed by atoms with Crippen LogP contribution in [0.15, 0.2) is 0 Å². The molecule has 0 aliphatic carbocycles. The van der Waals surface area contributed by atoms with Crippen LogP contribution < -0.4 is 0 Å². The summed E-state index contributed by atoms with van der Waals surface area (Å²) in [5.74, 6) is -1.20. The van der Waals surface area contributed by atoms with Crippen LogP contribution in [-0.4, -0.2) is 25.2 Å². The number of hydrogen-bond acceptors (Lipinski definition) is 0. The van der Waals surface area contributed by atoms with Gasteiger partial charge in [-0.1, -0.05) is 132 Å². The molecule has 0 aliphatic heterocycles. The van der Waals surface area contributed by atoms with Crippen LogP contribution in [0.2, 0.25) is 0 Å². The fraction of sp³-hybridized carbons (Fsp3) is 1.00. The van der Waals surface area contributed by atoms with Gasteiger partial charge in [-0.05, 0) is 38.5 Å². The van der Waals surface area contributed by atoms with Crippen LogP contribution in [0.5, 0.6) is 0 Å². The molecule has 0 atom stereocenters. The van der Waals surface area contributed by atoms with E-state index in [0.29, 0.717) is 0 Å². The summed E-state index contributed by atoms with van der Waals surface area (Å²) in [6.07, 6.45) is 31.2. The molecule has 0 N–H and O–H groups in total. The van der Waals surface area contributed by atoms with E-state index in [4.69, 9.17) is 33.7 Å². The van der Waals surface area contributed by atoms with Crippen molar-refractivity contribution in [2.75, 3.05) is 25.2 Å². The molecule has 0 aromatic heterocycles. The van der Waals surface area contributed by atoms with Crippen LogP contribution in [0.4, 0.5) is 0 Å². The molecule has 0 aromatic rings. The lowest BCUT2D eigenvalue weighted by molar-refractivity contribution is 0.616. The van der Waals surface area contributed by atoms with Crippen molar-refractivity contribution < 1.29 is 0 Å². The van der Waals surface area contributed by atoms with Gasteiger partial charge < -0.3 is 0 Å². The second-order valence-electron chi connectivity index (χ2n) is 9.29. The minimum atomic E-state index is -1.20. The van der Waals surface area contributed by atoms with Crippen LogP contribution >= 0.6 is 47.0 Å². The lowest BCUT2D eigenvalue weighted by atomic mass is 10.1. The molecule has 0 heterocycles. The van der Waals surface area contributed by atoms with Gasteiger partial charge in [-0.25, -0.2) is 0 Å². The first-order valence-corrected chi connectivity index (χ1v) is 19.9. The van der Waals surface area contributed by atoms with Crippen molar-refractivity contribution in [3.05, 3.63) is 0 Å². The molecule has 30 heavy (non-hydrogen) atoms. The fourth-order valence-corrected chi connectivity index (χ4v) is 7.79. The average Bonchev–Trinajstić information content (AvgIpc) is 2.70. The van der Waals surface area contributed by atoms with Crippen LogP contribution in [0.3, 0.4) is 0 Å². The van der Waals surface area contributed by atoms with Gasteiger partial charge in [0.2, 0.25) is 0 Å². The quantitative estimate of drug-likeness (QED) is 0.104. The van der Waals surface area contributed by atoms with E-state index in [0.717, 1.165) is 0 Å². The van der Waals surface area contributed by atoms with Crippen LogP contribution in [0.1, 0.15) is 136 Å². The number of halogens is 3. The van der Waals surface area contributed by atoms with Gasteiger partial charge in [0.25, 0.3) is 0 Å². The van der Waals surface area contributed by atoms with Gasteiger partial charge in [-0.15, -0.1) is 0 Å². The molecule has 5 heteroatoms. The monoisotopic (exact) mass is 521 g/mol. The molecular weight excluding hydrogens is 469 g/mol. The summed E-state index contributed by atoms with van der Waals surface area (Å²) in [7, 11) is -0.636. The Kier molecular flexibility index (Phi) is 30.5. The molecule has 0 nitrogen and oxygen atoms in total. The summed E-state index contributed by atoms with van der Waals surface area (Å²) in [4.78, 5) is 0. The zero-order valence-corrected chi connectivity index (χ0v) is 24.9. The fourth-order valence-electron chi connectivity index (χ4n) is 4.16. The number of hydrogen-bond donors (Lipinski definition) is 0. The molecule has 0 saturated heterocycles. The van der Waals surface area contributed by atoms with Crippen molar-refractivity contribution in [2.45, 2.75) is 136 Å². The minimum absolute atomic E-state index is 0.636. The van der Waals surface area contributed by atoms with Crippen LogP contribution in [0.25, 0.3) is 0 Å². The van der Waals surface area contributed by atoms with E-state index in [1.165, 1.54) is 116 Å². The van der Waals surface area contributed by atoms with Gasteiger partial charge in [0.1, 0.15) is 0 Å². The smallest absolute Gasteiger partial charge is 0.0654 e. The molecule has 0 bridgehead atoms. The zero-order valence-electron chi connectivity index (χ0n) is 20.9. The van der Waals surface area contributed by atoms with Crippen molar-refractivity contribution in [1.82, 2.24) is 0 Å². The molecule has 0 amide bonds. The van der Waals surface area contributed by atoms with Gasteiger partial charge >= 0.3 is 0 Å². The summed E-state index contributed by atoms with van der Waals surface area (Å²) < 4.78 is 0. The summed E-state index contributed by atoms with van der Waals surface area (Å²) in [6, 6.07) is 0. The van der Waals surface area contributed by atoms with Crippen LogP contribution in [-0.2, 0) is 0 Å². The third-order valence-corrected chi connectivity index (χ3v) is 10.3. The Hall–Kier alpha value is 1.73. The van der Waals surface area contributed by atoms with Gasteiger partial charge in [0.15, 0.2) is 5.98 Å². The average molecular weight is 523 g/mol. The van der Waals surface area contributed by atoms with Gasteiger partial charge in [0, 0.05) is 13.9 Å². The van der Waals surface area contributed by atoms with Gasteiger partial charge in [-0.2, -0.15) is 0 Å². The van der Waals surface area contributed by atoms with Crippen molar-refractivity contribution in [3.8, 4) is 0 Å². The van der Waals surface area contributed by atoms with E-state index in [2.05, 4.69) is 27.4 Å². The Morgan fingerprint density at radius 3 is 0.867 bits per heavy atom. The first-order chi connectivity index (χ1) is 14.4. The zero-order chi connectivity index (χ0) is 22.9. The van der Waals surface area contributed by atoms with E-state index in [-0.39, 0.29) is 0 Å². The van der Waals surface area contributed by atoms with E-state index in [1.807, 2.05) is 0 Å². The summed E-state index contributed by atoms with van der Waals surface area (Å²) in [6.45, 7) is 9.70. The molecule has 184 valence electrons. The predicted molar refractivity (Wildman–Crippen MR) is 152 cm³/mol. The Balaban J connectivity index is 0. The normalized spacial score (nSPS) is 11.6. The Morgan fingerprint density at radius 2 is 0.633 bits per heavy atom. The summed E-state index contributed by atoms with van der Waals surface area (Å²) >= 11 is 14.6. The van der Waals surface area contributed by atoms with Gasteiger partial charge in [0.05, 0.1) is 18.5 Å². The largest absolute Gasteiger partial charge is 0.179 e. The van der Waals surface area contributed by atoms with Gasteiger partial charge in [-0.3, -0.25) is 0 Å². The van der Waals surface area contributed by atoms with E-state index in [1.54, 1.807) is 18.5 Å². The first-order valence-electron chi connectivity index (χ1n) is 13.0. The molecular formula is C25H54Cl3P2+. The number of rotatable bonds is 21. The molecule has 0 radical (unpaired) electrons. The SMILES string of the molecule is CCCCCCCC[P+](C)(CCCCCCCC)CCCCCCCC.ClP(Cl)Cl. The topological polar surface area (TPSA) is 0 Å². The highest BCUT2D eigenvalue weighted by atomic mass is 36.0. The summed E-state index contributed by atoms with van der Waals surface area (Å²) in [5, 5.41) is 0. The Morgan fingerprint density at radius 1 is 0.433 bits per heavy atom. The predicted octanol–water partition coefficient (Wildman–Crippen LogP) is 12.6. The van der Waals surface area contributed by atoms with Crippen molar-refractivity contribution in [3.63, 3.8) is 0 Å². The Bertz CT molecular complexity index is 271. The van der Waals surface area contributed by atoms with Crippen molar-refractivity contribution >= 4 is 47.0 Å². The van der Waals surface area contributed by atoms with Crippen molar-refractivity contribution in [2.24, 2.45) is 0 Å². The maximum Gasteiger partial charge on any atom is 0.179 e. The summed E-state index contributed by atoms with van der Waals surface area (Å²) in [5.41, 5.74) is 0. The lowest BCUT2D eigenvalue weighted by Gasteiger charge is -2.24. The molecule has 0 unspecified atom stereocenters. The van der Waals surface area contributed by atoms with E-state index in [9.17, 15) is 0 Å². The third kappa shape index (κ3) is 29.7. The first kappa shape index (κ1) is 33.9. The second kappa shape index (κ2) is 27.0. The highest BCUT2D eigenvalue weighted by Gasteiger charge is 2.29. The molecule has 0 rings (SSSR count). The maximum absolute atomic E-state index is 4.87. The molecule has 0 saturated carbocycles. The highest BCUT2D eigenvalue weighted by molar-refractivity contribution is 8.20. The second-order valence-corrected chi connectivity index (χ2v) is 18.8. The standard InChI is InChI=1S/C25H54P.Cl3P/c1-5-8-11-14-17-20-23-26(4,24-21-18-15-12-9-6-2)25-22-19-16-13-10-7-3;1-4(2)3/h5-25H2,1-4H3;/q+1;. The number of unbranched alkanes of at least 4 members (excludes halogenated alkanes) is 15.